The second-order valence-electron chi connectivity index (χ2n) is 10.6. The Labute approximate surface area is 225 Å². The zero-order chi connectivity index (χ0) is 26.2. The van der Waals surface area contributed by atoms with Gasteiger partial charge in [-0.15, -0.1) is 0 Å². The van der Waals surface area contributed by atoms with Crippen LogP contribution in [-0.4, -0.2) is 76.1 Å². The summed E-state index contributed by atoms with van der Waals surface area (Å²) in [5.41, 5.74) is -0.476. The number of nitrogens with one attached hydrogen (secondary N) is 2. The standard InChI is InChI=1S/C27H36BrN3O6/c1-2-36-18-11-9-17(10-12-18)29-24(33)20-21-26(35)31(13-6-14-32)23(27(21)15-19(28)22(20)37-27)25(34)30-16-7-4-3-5-8-16/h9-12,16,19-23,32H,2-8,13-15H2,1H3,(H,29,33)(H,30,34)/t19?,20-,21+,22-,23?,27?/m1/s1. The second-order valence-corrected chi connectivity index (χ2v) is 11.7. The van der Waals surface area contributed by atoms with Gasteiger partial charge in [0.1, 0.15) is 17.4 Å². The summed E-state index contributed by atoms with van der Waals surface area (Å²) in [5.74, 6) is -1.54. The van der Waals surface area contributed by atoms with Gasteiger partial charge in [-0.3, -0.25) is 14.4 Å². The molecule has 37 heavy (non-hydrogen) atoms. The van der Waals surface area contributed by atoms with E-state index in [1.54, 1.807) is 29.2 Å². The van der Waals surface area contributed by atoms with E-state index in [1.807, 2.05) is 6.92 Å². The molecule has 1 saturated carbocycles. The number of fused-ring (bicyclic) bond motifs is 1. The van der Waals surface area contributed by atoms with Crippen molar-refractivity contribution < 1.29 is 29.0 Å². The fraction of sp³-hybridized carbons (Fsp3) is 0.667. The smallest absolute Gasteiger partial charge is 0.246 e. The van der Waals surface area contributed by atoms with Crippen molar-refractivity contribution in [3.8, 4) is 5.75 Å². The number of benzene rings is 1. The first-order chi connectivity index (χ1) is 17.9. The molecular formula is C27H36BrN3O6. The Kier molecular flexibility index (Phi) is 7.79. The summed E-state index contributed by atoms with van der Waals surface area (Å²) in [7, 11) is 0. The molecule has 1 spiro atoms. The van der Waals surface area contributed by atoms with E-state index < -0.39 is 29.6 Å². The number of hydrogen-bond donors (Lipinski definition) is 3. The highest BCUT2D eigenvalue weighted by atomic mass is 79.9. The molecule has 10 heteroatoms. The normalized spacial score (nSPS) is 32.9. The summed E-state index contributed by atoms with van der Waals surface area (Å²) in [4.78, 5) is 42.6. The Bertz CT molecular complexity index is 1020. The van der Waals surface area contributed by atoms with E-state index in [0.29, 0.717) is 30.9 Å². The van der Waals surface area contributed by atoms with Crippen molar-refractivity contribution in [2.24, 2.45) is 11.8 Å². The van der Waals surface area contributed by atoms with Crippen molar-refractivity contribution in [1.82, 2.24) is 10.2 Å². The Morgan fingerprint density at radius 2 is 1.92 bits per heavy atom. The topological polar surface area (TPSA) is 117 Å². The molecule has 1 aromatic carbocycles. The number of alkyl halides is 1. The summed E-state index contributed by atoms with van der Waals surface area (Å²) < 4.78 is 12.0. The van der Waals surface area contributed by atoms with Crippen LogP contribution in [0.15, 0.2) is 24.3 Å². The van der Waals surface area contributed by atoms with Gasteiger partial charge in [0, 0.05) is 29.7 Å². The van der Waals surface area contributed by atoms with E-state index in [-0.39, 0.29) is 41.7 Å². The first kappa shape index (κ1) is 26.4. The molecule has 4 aliphatic rings. The minimum Gasteiger partial charge on any atom is -0.494 e. The van der Waals surface area contributed by atoms with Crippen LogP contribution in [0, 0.1) is 11.8 Å². The maximum absolute atomic E-state index is 13.8. The molecular weight excluding hydrogens is 542 g/mol. The number of aliphatic hydroxyl groups is 1. The van der Waals surface area contributed by atoms with Crippen LogP contribution in [0.4, 0.5) is 5.69 Å². The fourth-order valence-electron chi connectivity index (χ4n) is 6.77. The molecule has 3 saturated heterocycles. The molecule has 3 heterocycles. The maximum Gasteiger partial charge on any atom is 0.246 e. The Morgan fingerprint density at radius 1 is 1.19 bits per heavy atom. The van der Waals surface area contributed by atoms with Crippen molar-refractivity contribution in [3.63, 3.8) is 0 Å². The number of carbonyl (C=O) groups is 3. The molecule has 3 unspecified atom stereocenters. The van der Waals surface area contributed by atoms with Crippen LogP contribution in [0.3, 0.4) is 0 Å². The Hall–Kier alpha value is -2.17. The molecule has 5 rings (SSSR count). The Morgan fingerprint density at radius 3 is 2.59 bits per heavy atom. The molecule has 0 radical (unpaired) electrons. The van der Waals surface area contributed by atoms with E-state index in [4.69, 9.17) is 9.47 Å². The lowest BCUT2D eigenvalue weighted by molar-refractivity contribution is -0.142. The number of amides is 3. The number of halogens is 1. The number of hydrogen-bond acceptors (Lipinski definition) is 6. The highest BCUT2D eigenvalue weighted by Gasteiger charge is 2.76. The zero-order valence-corrected chi connectivity index (χ0v) is 22.7. The highest BCUT2D eigenvalue weighted by Crippen LogP contribution is 2.60. The third-order valence-corrected chi connectivity index (χ3v) is 9.13. The maximum atomic E-state index is 13.8. The van der Waals surface area contributed by atoms with Gasteiger partial charge in [-0.25, -0.2) is 0 Å². The van der Waals surface area contributed by atoms with Crippen LogP contribution in [0.2, 0.25) is 0 Å². The third kappa shape index (κ3) is 4.76. The van der Waals surface area contributed by atoms with E-state index in [9.17, 15) is 19.5 Å². The van der Waals surface area contributed by atoms with E-state index >= 15 is 0 Å². The van der Waals surface area contributed by atoms with Gasteiger partial charge in [0.15, 0.2) is 0 Å². The number of nitrogens with zero attached hydrogens (tertiary/aromatic N) is 1. The lowest BCUT2D eigenvalue weighted by Gasteiger charge is -2.35. The van der Waals surface area contributed by atoms with E-state index in [2.05, 4.69) is 26.6 Å². The summed E-state index contributed by atoms with van der Waals surface area (Å²) in [6.07, 6.45) is 5.49. The van der Waals surface area contributed by atoms with Crippen molar-refractivity contribution >= 4 is 39.3 Å². The zero-order valence-electron chi connectivity index (χ0n) is 21.2. The van der Waals surface area contributed by atoms with Crippen molar-refractivity contribution in [2.45, 2.75) is 80.5 Å². The average Bonchev–Trinajstić information content (AvgIpc) is 3.48. The van der Waals surface area contributed by atoms with Crippen LogP contribution in [0.25, 0.3) is 0 Å². The Balaban J connectivity index is 1.41. The predicted molar refractivity (Wildman–Crippen MR) is 140 cm³/mol. The van der Waals surface area contributed by atoms with Crippen LogP contribution >= 0.6 is 15.9 Å². The number of anilines is 1. The second kappa shape index (κ2) is 10.9. The summed E-state index contributed by atoms with van der Waals surface area (Å²) in [6, 6.07) is 6.36. The number of likely N-dealkylation sites (tertiary alicyclic amines) is 1. The predicted octanol–water partition coefficient (Wildman–Crippen LogP) is 2.60. The molecule has 0 aromatic heterocycles. The summed E-state index contributed by atoms with van der Waals surface area (Å²) in [6.45, 7) is 2.60. The van der Waals surface area contributed by atoms with Crippen LogP contribution in [0.5, 0.6) is 5.75 Å². The molecule has 3 amide bonds. The van der Waals surface area contributed by atoms with Gasteiger partial charge in [0.25, 0.3) is 0 Å². The SMILES string of the molecule is CCOc1ccc(NC(=O)[C@H]2[C@@H]3OC4(CC3Br)C(C(=O)NC3CCCCC3)N(CCCO)C(=O)[C@H]24)cc1. The van der Waals surface area contributed by atoms with Crippen LogP contribution in [-0.2, 0) is 19.1 Å². The van der Waals surface area contributed by atoms with Crippen molar-refractivity contribution in [1.29, 1.82) is 0 Å². The largest absolute Gasteiger partial charge is 0.494 e. The minimum absolute atomic E-state index is 0.0867. The van der Waals surface area contributed by atoms with Gasteiger partial charge < -0.3 is 30.1 Å². The molecule has 1 aromatic rings. The molecule has 4 fully saturated rings. The molecule has 6 atom stereocenters. The highest BCUT2D eigenvalue weighted by molar-refractivity contribution is 9.09. The third-order valence-electron chi connectivity index (χ3n) is 8.28. The van der Waals surface area contributed by atoms with Crippen molar-refractivity contribution in [3.05, 3.63) is 24.3 Å². The molecule has 9 nitrogen and oxygen atoms in total. The van der Waals surface area contributed by atoms with E-state index in [0.717, 1.165) is 25.7 Å². The van der Waals surface area contributed by atoms with Gasteiger partial charge in [-0.1, -0.05) is 35.2 Å². The fourth-order valence-corrected chi connectivity index (χ4v) is 7.71. The first-order valence-electron chi connectivity index (χ1n) is 13.5. The van der Waals surface area contributed by atoms with Gasteiger partial charge in [0.2, 0.25) is 17.7 Å². The number of aliphatic hydroxyl groups excluding tert-OH is 1. The van der Waals surface area contributed by atoms with Gasteiger partial charge in [-0.05, 0) is 56.9 Å². The molecule has 3 aliphatic heterocycles. The lowest BCUT2D eigenvalue weighted by Crippen LogP contribution is -2.57. The lowest BCUT2D eigenvalue weighted by atomic mass is 9.70. The van der Waals surface area contributed by atoms with Crippen LogP contribution < -0.4 is 15.4 Å². The van der Waals surface area contributed by atoms with Gasteiger partial charge >= 0.3 is 0 Å². The minimum atomic E-state index is -1.08. The number of rotatable bonds is 9. The van der Waals surface area contributed by atoms with Gasteiger partial charge in [0.05, 0.1) is 24.5 Å². The molecule has 2 bridgehead atoms. The molecule has 3 N–H and O–H groups in total. The number of carbonyl (C=O) groups excluding carboxylic acids is 3. The van der Waals surface area contributed by atoms with E-state index in [1.165, 1.54) is 6.42 Å². The monoisotopic (exact) mass is 577 g/mol. The average molecular weight is 579 g/mol. The first-order valence-corrected chi connectivity index (χ1v) is 14.4. The van der Waals surface area contributed by atoms with Crippen molar-refractivity contribution in [2.75, 3.05) is 25.1 Å². The van der Waals surface area contributed by atoms with Gasteiger partial charge in [-0.2, -0.15) is 0 Å². The summed E-state index contributed by atoms with van der Waals surface area (Å²) in [5, 5.41) is 15.6. The van der Waals surface area contributed by atoms with Crippen LogP contribution in [0.1, 0.15) is 51.9 Å². The quantitative estimate of drug-likeness (QED) is 0.388. The molecule has 1 aliphatic carbocycles. The number of ether oxygens (including phenoxy) is 2. The summed E-state index contributed by atoms with van der Waals surface area (Å²) >= 11 is 3.69. The molecule has 202 valence electrons.